The topological polar surface area (TPSA) is 41.5 Å². The Kier molecular flexibility index (Phi) is 3.74. The van der Waals surface area contributed by atoms with Gasteiger partial charge in [-0.15, -0.1) is 11.8 Å². The minimum Gasteiger partial charge on any atom is -0.504 e. The predicted octanol–water partition coefficient (Wildman–Crippen LogP) is 4.05. The molecule has 3 nitrogen and oxygen atoms in total. The third kappa shape index (κ3) is 2.56. The molecule has 1 atom stereocenters. The van der Waals surface area contributed by atoms with Crippen LogP contribution in [-0.2, 0) is 0 Å². The molecule has 104 valence electrons. The van der Waals surface area contributed by atoms with E-state index in [4.69, 9.17) is 4.74 Å². The Hall–Kier alpha value is -1.81. The normalized spacial score (nSPS) is 17.4. The summed E-state index contributed by atoms with van der Waals surface area (Å²) in [7, 11) is 1.55. The van der Waals surface area contributed by atoms with Gasteiger partial charge in [-0.1, -0.05) is 18.2 Å². The molecule has 1 heterocycles. The lowest BCUT2D eigenvalue weighted by atomic mass is 10.0. The molecule has 2 aromatic carbocycles. The van der Waals surface area contributed by atoms with Gasteiger partial charge in [-0.25, -0.2) is 0 Å². The van der Waals surface area contributed by atoms with Crippen LogP contribution < -0.4 is 10.1 Å². The zero-order valence-corrected chi connectivity index (χ0v) is 12.1. The zero-order valence-electron chi connectivity index (χ0n) is 11.3. The average molecular weight is 287 g/mol. The van der Waals surface area contributed by atoms with Crippen LogP contribution in [0.5, 0.6) is 11.5 Å². The van der Waals surface area contributed by atoms with Crippen molar-refractivity contribution in [2.75, 3.05) is 18.2 Å². The lowest BCUT2D eigenvalue weighted by Crippen LogP contribution is -2.15. The maximum atomic E-state index is 9.85. The first-order valence-electron chi connectivity index (χ1n) is 6.63. The molecule has 0 aromatic heterocycles. The van der Waals surface area contributed by atoms with E-state index in [1.165, 1.54) is 10.5 Å². The molecule has 0 saturated carbocycles. The number of hydrogen-bond donors (Lipinski definition) is 2. The van der Waals surface area contributed by atoms with Crippen LogP contribution in [0.3, 0.4) is 0 Å². The zero-order chi connectivity index (χ0) is 13.9. The van der Waals surface area contributed by atoms with E-state index in [2.05, 4.69) is 29.6 Å². The molecule has 20 heavy (non-hydrogen) atoms. The Morgan fingerprint density at radius 2 is 2.10 bits per heavy atom. The number of hydrogen-bond acceptors (Lipinski definition) is 4. The maximum absolute atomic E-state index is 9.85. The summed E-state index contributed by atoms with van der Waals surface area (Å²) in [5, 5.41) is 13.3. The highest BCUT2D eigenvalue weighted by Crippen LogP contribution is 2.38. The number of phenolic OH excluding ortho intramolecular Hbond substituents is 1. The average Bonchev–Trinajstić information content (AvgIpc) is 2.48. The van der Waals surface area contributed by atoms with Crippen LogP contribution in [0, 0.1) is 0 Å². The van der Waals surface area contributed by atoms with Gasteiger partial charge in [0, 0.05) is 22.4 Å². The number of aromatic hydroxyl groups is 1. The van der Waals surface area contributed by atoms with Gasteiger partial charge < -0.3 is 15.2 Å². The highest BCUT2D eigenvalue weighted by molar-refractivity contribution is 7.99. The Bertz CT molecular complexity index is 615. The van der Waals surface area contributed by atoms with Gasteiger partial charge in [0.2, 0.25) is 0 Å². The summed E-state index contributed by atoms with van der Waals surface area (Å²) in [5.41, 5.74) is 2.24. The minimum atomic E-state index is 0.163. The fourth-order valence-corrected chi connectivity index (χ4v) is 3.60. The number of benzene rings is 2. The monoisotopic (exact) mass is 287 g/mol. The van der Waals surface area contributed by atoms with E-state index < -0.39 is 0 Å². The van der Waals surface area contributed by atoms with Gasteiger partial charge >= 0.3 is 0 Å². The molecule has 0 aliphatic carbocycles. The summed E-state index contributed by atoms with van der Waals surface area (Å²) in [6.45, 7) is 0. The number of rotatable bonds is 3. The summed E-state index contributed by atoms with van der Waals surface area (Å²) in [4.78, 5) is 1.34. The molecule has 2 N–H and O–H groups in total. The molecule has 0 amide bonds. The molecule has 0 saturated heterocycles. The smallest absolute Gasteiger partial charge is 0.160 e. The van der Waals surface area contributed by atoms with Gasteiger partial charge in [-0.05, 0) is 30.2 Å². The maximum Gasteiger partial charge on any atom is 0.160 e. The van der Waals surface area contributed by atoms with E-state index in [9.17, 15) is 5.11 Å². The third-order valence-corrected chi connectivity index (χ3v) is 4.60. The number of thioether (sulfide) groups is 1. The van der Waals surface area contributed by atoms with E-state index in [1.807, 2.05) is 17.8 Å². The molecule has 1 unspecified atom stereocenters. The van der Waals surface area contributed by atoms with Gasteiger partial charge in [0.25, 0.3) is 0 Å². The summed E-state index contributed by atoms with van der Waals surface area (Å²) in [6, 6.07) is 14.2. The van der Waals surface area contributed by atoms with E-state index in [0.717, 1.165) is 17.9 Å². The van der Waals surface area contributed by atoms with Crippen molar-refractivity contribution in [3.8, 4) is 11.5 Å². The Labute approximate surface area is 123 Å². The second kappa shape index (κ2) is 5.67. The fraction of sp³-hybridized carbons (Fsp3) is 0.250. The van der Waals surface area contributed by atoms with Crippen molar-refractivity contribution in [3.05, 3.63) is 48.0 Å². The summed E-state index contributed by atoms with van der Waals surface area (Å²) in [5.74, 6) is 1.77. The number of fused-ring (bicyclic) bond motifs is 1. The summed E-state index contributed by atoms with van der Waals surface area (Å²) in [6.07, 6.45) is 1.08. The van der Waals surface area contributed by atoms with E-state index in [1.54, 1.807) is 19.2 Å². The van der Waals surface area contributed by atoms with Crippen LogP contribution in [0.2, 0.25) is 0 Å². The minimum absolute atomic E-state index is 0.163. The SMILES string of the molecule is COc1ccc(NC2CCSc3ccccc32)cc1O. The number of phenols is 1. The highest BCUT2D eigenvalue weighted by Gasteiger charge is 2.20. The molecule has 1 aliphatic heterocycles. The third-order valence-electron chi connectivity index (χ3n) is 3.48. The van der Waals surface area contributed by atoms with Crippen molar-refractivity contribution in [3.63, 3.8) is 0 Å². The fourth-order valence-electron chi connectivity index (χ4n) is 2.47. The molecule has 0 bridgehead atoms. The first-order chi connectivity index (χ1) is 9.78. The van der Waals surface area contributed by atoms with Crippen molar-refractivity contribution in [1.82, 2.24) is 0 Å². The van der Waals surface area contributed by atoms with Crippen molar-refractivity contribution < 1.29 is 9.84 Å². The summed E-state index contributed by atoms with van der Waals surface area (Å²) >= 11 is 1.90. The van der Waals surface area contributed by atoms with Crippen LogP contribution in [0.15, 0.2) is 47.4 Å². The van der Waals surface area contributed by atoms with Crippen LogP contribution in [0.1, 0.15) is 18.0 Å². The molecule has 1 aliphatic rings. The van der Waals surface area contributed by atoms with E-state index in [-0.39, 0.29) is 5.75 Å². The van der Waals surface area contributed by atoms with Crippen LogP contribution in [0.25, 0.3) is 0 Å². The predicted molar refractivity (Wildman–Crippen MR) is 82.8 cm³/mol. The highest BCUT2D eigenvalue weighted by atomic mass is 32.2. The molecule has 4 heteroatoms. The van der Waals surface area contributed by atoms with Crippen LogP contribution in [0.4, 0.5) is 5.69 Å². The molecular weight excluding hydrogens is 270 g/mol. The quantitative estimate of drug-likeness (QED) is 0.893. The molecule has 0 spiro atoms. The molecule has 0 fully saturated rings. The van der Waals surface area contributed by atoms with Gasteiger partial charge in [-0.3, -0.25) is 0 Å². The largest absolute Gasteiger partial charge is 0.504 e. The van der Waals surface area contributed by atoms with Gasteiger partial charge in [0.1, 0.15) is 0 Å². The van der Waals surface area contributed by atoms with Gasteiger partial charge in [0.05, 0.1) is 13.2 Å². The lowest BCUT2D eigenvalue weighted by molar-refractivity contribution is 0.373. The standard InChI is InChI=1S/C16H17NO2S/c1-19-15-7-6-11(10-14(15)18)17-13-8-9-20-16-5-3-2-4-12(13)16/h2-7,10,13,17-18H,8-9H2,1H3. The van der Waals surface area contributed by atoms with Gasteiger partial charge in [0.15, 0.2) is 11.5 Å². The number of nitrogens with one attached hydrogen (secondary N) is 1. The molecular formula is C16H17NO2S. The number of methoxy groups -OCH3 is 1. The first kappa shape index (κ1) is 13.2. The van der Waals surface area contributed by atoms with Crippen molar-refractivity contribution in [2.45, 2.75) is 17.4 Å². The number of ether oxygens (including phenoxy) is 1. The van der Waals surface area contributed by atoms with Crippen molar-refractivity contribution in [1.29, 1.82) is 0 Å². The Morgan fingerprint density at radius 3 is 2.90 bits per heavy atom. The van der Waals surface area contributed by atoms with Crippen molar-refractivity contribution >= 4 is 17.4 Å². The van der Waals surface area contributed by atoms with Crippen LogP contribution >= 0.6 is 11.8 Å². The van der Waals surface area contributed by atoms with Crippen LogP contribution in [-0.4, -0.2) is 18.0 Å². The lowest BCUT2D eigenvalue weighted by Gasteiger charge is -2.26. The Balaban J connectivity index is 1.84. The van der Waals surface area contributed by atoms with E-state index >= 15 is 0 Å². The molecule has 3 rings (SSSR count). The van der Waals surface area contributed by atoms with Crippen molar-refractivity contribution in [2.24, 2.45) is 0 Å². The molecule has 0 radical (unpaired) electrons. The first-order valence-corrected chi connectivity index (χ1v) is 7.62. The Morgan fingerprint density at radius 1 is 1.25 bits per heavy atom. The van der Waals surface area contributed by atoms with E-state index in [0.29, 0.717) is 11.8 Å². The molecule has 2 aromatic rings. The second-order valence-electron chi connectivity index (χ2n) is 4.76. The second-order valence-corrected chi connectivity index (χ2v) is 5.90. The summed E-state index contributed by atoms with van der Waals surface area (Å²) < 4.78 is 5.07. The van der Waals surface area contributed by atoms with Gasteiger partial charge in [-0.2, -0.15) is 0 Å². The number of anilines is 1.